The Kier molecular flexibility index (Phi) is 9.64. The molecule has 0 spiro atoms. The van der Waals surface area contributed by atoms with Crippen molar-refractivity contribution in [3.8, 4) is 0 Å². The second-order valence-electron chi connectivity index (χ2n) is 7.95. The molecule has 0 amide bonds. The molecule has 0 heterocycles. The van der Waals surface area contributed by atoms with Crippen LogP contribution in [0.1, 0.15) is 111 Å². The second kappa shape index (κ2) is 10.6. The van der Waals surface area contributed by atoms with Crippen molar-refractivity contribution in [2.24, 2.45) is 17.6 Å². The van der Waals surface area contributed by atoms with Crippen LogP contribution >= 0.6 is 0 Å². The number of hydrogen-bond donors (Lipinski definition) is 1. The van der Waals surface area contributed by atoms with Crippen molar-refractivity contribution >= 4 is 0 Å². The lowest BCUT2D eigenvalue weighted by Crippen LogP contribution is -2.49. The molecule has 0 aromatic heterocycles. The summed E-state index contributed by atoms with van der Waals surface area (Å²) in [5, 5.41) is 0. The van der Waals surface area contributed by atoms with Crippen LogP contribution in [0.3, 0.4) is 0 Å². The molecule has 0 bridgehead atoms. The van der Waals surface area contributed by atoms with Gasteiger partial charge in [-0.25, -0.2) is 0 Å². The Morgan fingerprint density at radius 3 is 1.90 bits per heavy atom. The van der Waals surface area contributed by atoms with E-state index in [1.807, 2.05) is 0 Å². The fourth-order valence-electron chi connectivity index (χ4n) is 4.06. The Bertz CT molecular complexity index is 250. The molecular weight excluding hydrogens is 254 g/mol. The minimum absolute atomic E-state index is 0.151. The Morgan fingerprint density at radius 2 is 1.33 bits per heavy atom. The van der Waals surface area contributed by atoms with Crippen LogP contribution in [-0.2, 0) is 0 Å². The molecule has 0 aliphatic heterocycles. The summed E-state index contributed by atoms with van der Waals surface area (Å²) in [5.74, 6) is 1.57. The third-order valence-electron chi connectivity index (χ3n) is 5.80. The first-order chi connectivity index (χ1) is 10.1. The molecule has 0 saturated heterocycles. The van der Waals surface area contributed by atoms with Gasteiger partial charge in [0, 0.05) is 5.54 Å². The number of unbranched alkanes of at least 4 members (excludes halogenated alkanes) is 9. The fourth-order valence-corrected chi connectivity index (χ4v) is 4.06. The van der Waals surface area contributed by atoms with E-state index >= 15 is 0 Å². The van der Waals surface area contributed by atoms with E-state index in [-0.39, 0.29) is 5.54 Å². The van der Waals surface area contributed by atoms with Crippen molar-refractivity contribution in [2.45, 2.75) is 116 Å². The van der Waals surface area contributed by atoms with Crippen LogP contribution in [0.5, 0.6) is 0 Å². The lowest BCUT2D eigenvalue weighted by atomic mass is 9.68. The van der Waals surface area contributed by atoms with Gasteiger partial charge in [0.1, 0.15) is 0 Å². The summed E-state index contributed by atoms with van der Waals surface area (Å²) in [6.07, 6.45) is 19.4. The van der Waals surface area contributed by atoms with Crippen molar-refractivity contribution in [1.29, 1.82) is 0 Å². The molecule has 0 aromatic rings. The second-order valence-corrected chi connectivity index (χ2v) is 7.95. The van der Waals surface area contributed by atoms with Gasteiger partial charge in [0.2, 0.25) is 0 Å². The lowest BCUT2D eigenvalue weighted by Gasteiger charge is -2.42. The molecule has 0 radical (unpaired) electrons. The zero-order valence-corrected chi connectivity index (χ0v) is 15.1. The molecule has 2 N–H and O–H groups in total. The summed E-state index contributed by atoms with van der Waals surface area (Å²) in [4.78, 5) is 0. The van der Waals surface area contributed by atoms with Gasteiger partial charge in [0.05, 0.1) is 0 Å². The highest BCUT2D eigenvalue weighted by atomic mass is 14.8. The minimum atomic E-state index is 0.151. The average molecular weight is 296 g/mol. The van der Waals surface area contributed by atoms with Gasteiger partial charge in [-0.15, -0.1) is 0 Å². The number of rotatable bonds is 11. The summed E-state index contributed by atoms with van der Waals surface area (Å²) >= 11 is 0. The summed E-state index contributed by atoms with van der Waals surface area (Å²) < 4.78 is 0. The van der Waals surface area contributed by atoms with Gasteiger partial charge < -0.3 is 5.73 Å². The van der Waals surface area contributed by atoms with Gasteiger partial charge in [-0.1, -0.05) is 91.4 Å². The normalized spacial score (nSPS) is 29.7. The Labute approximate surface area is 134 Å². The largest absolute Gasteiger partial charge is 0.325 e. The van der Waals surface area contributed by atoms with E-state index in [1.54, 1.807) is 0 Å². The van der Waals surface area contributed by atoms with E-state index in [0.29, 0.717) is 0 Å². The maximum absolute atomic E-state index is 6.70. The van der Waals surface area contributed by atoms with Crippen LogP contribution < -0.4 is 5.73 Å². The summed E-state index contributed by atoms with van der Waals surface area (Å²) in [5.41, 5.74) is 6.85. The van der Waals surface area contributed by atoms with E-state index in [2.05, 4.69) is 20.8 Å². The van der Waals surface area contributed by atoms with Gasteiger partial charge in [-0.05, 0) is 31.1 Å². The van der Waals surface area contributed by atoms with E-state index in [9.17, 15) is 0 Å². The van der Waals surface area contributed by atoms with Crippen LogP contribution in [0, 0.1) is 11.8 Å². The SMILES string of the molecule is CCCCCCCCCCCCC1(N)CC(C)CCC1C. The van der Waals surface area contributed by atoms with Gasteiger partial charge in [0.15, 0.2) is 0 Å². The van der Waals surface area contributed by atoms with Crippen molar-refractivity contribution < 1.29 is 0 Å². The first-order valence-electron chi connectivity index (χ1n) is 9.87. The molecule has 3 atom stereocenters. The third kappa shape index (κ3) is 7.68. The van der Waals surface area contributed by atoms with E-state index in [0.717, 1.165) is 11.8 Å². The predicted molar refractivity (Wildman–Crippen MR) is 95.6 cm³/mol. The Balaban J connectivity index is 1.98. The molecule has 21 heavy (non-hydrogen) atoms. The van der Waals surface area contributed by atoms with Crippen LogP contribution in [0.25, 0.3) is 0 Å². The summed E-state index contributed by atoms with van der Waals surface area (Å²) in [6, 6.07) is 0. The van der Waals surface area contributed by atoms with Gasteiger partial charge in [-0.3, -0.25) is 0 Å². The van der Waals surface area contributed by atoms with Crippen molar-refractivity contribution in [2.75, 3.05) is 0 Å². The van der Waals surface area contributed by atoms with Gasteiger partial charge in [0.25, 0.3) is 0 Å². The summed E-state index contributed by atoms with van der Waals surface area (Å²) in [6.45, 7) is 7.05. The van der Waals surface area contributed by atoms with Crippen LogP contribution in [0.15, 0.2) is 0 Å². The lowest BCUT2D eigenvalue weighted by molar-refractivity contribution is 0.147. The third-order valence-corrected chi connectivity index (χ3v) is 5.80. The Morgan fingerprint density at radius 1 is 0.810 bits per heavy atom. The molecule has 1 saturated carbocycles. The predicted octanol–water partition coefficient (Wildman–Crippen LogP) is 6.45. The number of hydrogen-bond acceptors (Lipinski definition) is 1. The highest BCUT2D eigenvalue weighted by molar-refractivity contribution is 4.94. The van der Waals surface area contributed by atoms with Crippen molar-refractivity contribution in [3.63, 3.8) is 0 Å². The van der Waals surface area contributed by atoms with Crippen LogP contribution in [0.4, 0.5) is 0 Å². The molecular formula is C20H41N. The standard InChI is InChI=1S/C20H41N/c1-4-5-6-7-8-9-10-11-12-13-16-20(21)17-18(2)14-15-19(20)3/h18-19H,4-17,21H2,1-3H3. The quantitative estimate of drug-likeness (QED) is 0.435. The maximum Gasteiger partial charge on any atom is 0.0182 e. The van der Waals surface area contributed by atoms with Gasteiger partial charge >= 0.3 is 0 Å². The molecule has 0 aromatic carbocycles. The van der Waals surface area contributed by atoms with E-state index in [1.165, 1.54) is 89.9 Å². The molecule has 1 nitrogen and oxygen atoms in total. The Hall–Kier alpha value is -0.0400. The van der Waals surface area contributed by atoms with E-state index < -0.39 is 0 Å². The van der Waals surface area contributed by atoms with Crippen LogP contribution in [0.2, 0.25) is 0 Å². The van der Waals surface area contributed by atoms with Crippen molar-refractivity contribution in [3.05, 3.63) is 0 Å². The fraction of sp³-hybridized carbons (Fsp3) is 1.00. The zero-order chi connectivity index (χ0) is 15.6. The summed E-state index contributed by atoms with van der Waals surface area (Å²) in [7, 11) is 0. The number of nitrogens with two attached hydrogens (primary N) is 1. The molecule has 1 rings (SSSR count). The molecule has 126 valence electrons. The molecule has 1 heteroatoms. The van der Waals surface area contributed by atoms with E-state index in [4.69, 9.17) is 5.73 Å². The smallest absolute Gasteiger partial charge is 0.0182 e. The molecule has 1 fully saturated rings. The zero-order valence-electron chi connectivity index (χ0n) is 15.1. The van der Waals surface area contributed by atoms with Gasteiger partial charge in [-0.2, -0.15) is 0 Å². The first kappa shape index (κ1) is 19.0. The molecule has 3 unspecified atom stereocenters. The minimum Gasteiger partial charge on any atom is -0.325 e. The monoisotopic (exact) mass is 295 g/mol. The highest BCUT2D eigenvalue weighted by Crippen LogP contribution is 2.38. The topological polar surface area (TPSA) is 26.0 Å². The highest BCUT2D eigenvalue weighted by Gasteiger charge is 2.36. The first-order valence-corrected chi connectivity index (χ1v) is 9.87. The molecule has 1 aliphatic carbocycles. The average Bonchev–Trinajstić information content (AvgIpc) is 2.45. The maximum atomic E-state index is 6.70. The van der Waals surface area contributed by atoms with Crippen molar-refractivity contribution in [1.82, 2.24) is 0 Å². The van der Waals surface area contributed by atoms with Crippen LogP contribution in [-0.4, -0.2) is 5.54 Å². The molecule has 1 aliphatic rings.